The van der Waals surface area contributed by atoms with Crippen molar-refractivity contribution in [3.8, 4) is 0 Å². The molecule has 1 aliphatic carbocycles. The van der Waals surface area contributed by atoms with E-state index in [1.807, 2.05) is 6.92 Å². The van der Waals surface area contributed by atoms with Gasteiger partial charge in [-0.3, -0.25) is 0 Å². The number of allylic oxidation sites excluding steroid dienone is 1. The number of hydrogen-bond acceptors (Lipinski definition) is 2. The Bertz CT molecular complexity index is 224. The summed E-state index contributed by atoms with van der Waals surface area (Å²) in [6.45, 7) is 8.04. The van der Waals surface area contributed by atoms with Gasteiger partial charge >= 0.3 is 0 Å². The van der Waals surface area contributed by atoms with Crippen molar-refractivity contribution in [2.75, 3.05) is 0 Å². The Labute approximate surface area is 73.2 Å². The normalized spacial score (nSPS) is 51.4. The van der Waals surface area contributed by atoms with Crippen molar-refractivity contribution in [1.82, 2.24) is 0 Å². The molecule has 1 saturated heterocycles. The molecule has 0 aromatic rings. The quantitative estimate of drug-likeness (QED) is 0.475. The molecular formula is C10H16O2. The fourth-order valence-electron chi connectivity index (χ4n) is 2.27. The van der Waals surface area contributed by atoms with Crippen molar-refractivity contribution in [3.63, 3.8) is 0 Å². The predicted octanol–water partition coefficient (Wildman–Crippen LogP) is 1.49. The van der Waals surface area contributed by atoms with Crippen LogP contribution in [0.5, 0.6) is 0 Å². The fourth-order valence-corrected chi connectivity index (χ4v) is 2.27. The molecule has 0 amide bonds. The number of aliphatic hydroxyl groups is 1. The lowest BCUT2D eigenvalue weighted by atomic mass is 9.78. The highest BCUT2D eigenvalue weighted by molar-refractivity contribution is 5.13. The van der Waals surface area contributed by atoms with E-state index in [1.54, 1.807) is 0 Å². The van der Waals surface area contributed by atoms with Gasteiger partial charge in [-0.2, -0.15) is 0 Å². The second kappa shape index (κ2) is 2.33. The van der Waals surface area contributed by atoms with Gasteiger partial charge in [-0.15, -0.1) is 0 Å². The Morgan fingerprint density at radius 2 is 2.33 bits per heavy atom. The zero-order valence-corrected chi connectivity index (χ0v) is 7.71. The molecule has 1 saturated carbocycles. The summed E-state index contributed by atoms with van der Waals surface area (Å²) in [7, 11) is 0. The van der Waals surface area contributed by atoms with Crippen molar-refractivity contribution in [3.05, 3.63) is 12.2 Å². The summed E-state index contributed by atoms with van der Waals surface area (Å²) in [6.07, 6.45) is 1.69. The molecule has 2 heteroatoms. The van der Waals surface area contributed by atoms with Crippen LogP contribution in [-0.2, 0) is 4.74 Å². The summed E-state index contributed by atoms with van der Waals surface area (Å²) in [5.41, 5.74) is 1.13. The third-order valence-corrected chi connectivity index (χ3v) is 3.16. The van der Waals surface area contributed by atoms with Crippen LogP contribution >= 0.6 is 0 Å². The van der Waals surface area contributed by atoms with Gasteiger partial charge in [-0.05, 0) is 32.6 Å². The van der Waals surface area contributed by atoms with Crippen molar-refractivity contribution in [2.24, 2.45) is 5.92 Å². The summed E-state index contributed by atoms with van der Waals surface area (Å²) in [6, 6.07) is 0. The van der Waals surface area contributed by atoms with Gasteiger partial charge in [0.1, 0.15) is 6.10 Å². The molecular weight excluding hydrogens is 152 g/mol. The molecule has 1 aliphatic heterocycles. The number of fused-ring (bicyclic) bond motifs is 1. The molecule has 0 bridgehead atoms. The summed E-state index contributed by atoms with van der Waals surface area (Å²) in [5.74, 6) is 0.448. The number of rotatable bonds is 1. The van der Waals surface area contributed by atoms with Crippen LogP contribution in [0.3, 0.4) is 0 Å². The molecule has 2 rings (SSSR count). The Kier molecular flexibility index (Phi) is 1.61. The second-order valence-electron chi connectivity index (χ2n) is 4.40. The van der Waals surface area contributed by atoms with Crippen LogP contribution in [0.2, 0.25) is 0 Å². The Morgan fingerprint density at radius 3 is 2.83 bits per heavy atom. The monoisotopic (exact) mass is 168 g/mol. The van der Waals surface area contributed by atoms with Gasteiger partial charge in [0.25, 0.3) is 0 Å². The molecule has 1 heterocycles. The van der Waals surface area contributed by atoms with Crippen LogP contribution in [-0.4, -0.2) is 22.9 Å². The molecule has 2 aliphatic rings. The lowest BCUT2D eigenvalue weighted by molar-refractivity contribution is 0.109. The molecule has 0 radical (unpaired) electrons. The highest BCUT2D eigenvalue weighted by Gasteiger charge is 2.59. The third-order valence-electron chi connectivity index (χ3n) is 3.16. The highest BCUT2D eigenvalue weighted by atomic mass is 16.6. The first-order valence-corrected chi connectivity index (χ1v) is 4.54. The average Bonchev–Trinajstić information content (AvgIpc) is 2.61. The van der Waals surface area contributed by atoms with Crippen LogP contribution in [0.4, 0.5) is 0 Å². The average molecular weight is 168 g/mol. The molecule has 4 atom stereocenters. The van der Waals surface area contributed by atoms with Crippen molar-refractivity contribution in [2.45, 2.75) is 44.5 Å². The lowest BCUT2D eigenvalue weighted by Gasteiger charge is -2.26. The number of epoxide rings is 1. The van der Waals surface area contributed by atoms with E-state index < -0.39 is 0 Å². The van der Waals surface area contributed by atoms with Crippen LogP contribution in [0.25, 0.3) is 0 Å². The zero-order chi connectivity index (χ0) is 8.93. The SMILES string of the molecule is C=C(C)[C@H]1C[C@@H](O)[C@H]2O[C@@]2(C)C1. The molecule has 68 valence electrons. The smallest absolute Gasteiger partial charge is 0.113 e. The van der Waals surface area contributed by atoms with Crippen LogP contribution < -0.4 is 0 Å². The van der Waals surface area contributed by atoms with E-state index in [-0.39, 0.29) is 17.8 Å². The topological polar surface area (TPSA) is 32.8 Å². The van der Waals surface area contributed by atoms with Crippen LogP contribution in [0.15, 0.2) is 12.2 Å². The minimum absolute atomic E-state index is 0.0404. The minimum atomic E-state index is -0.273. The van der Waals surface area contributed by atoms with Gasteiger partial charge in [0, 0.05) is 0 Å². The second-order valence-corrected chi connectivity index (χ2v) is 4.40. The van der Waals surface area contributed by atoms with E-state index in [4.69, 9.17) is 4.74 Å². The molecule has 2 nitrogen and oxygen atoms in total. The van der Waals surface area contributed by atoms with Gasteiger partial charge in [0.15, 0.2) is 0 Å². The summed E-state index contributed by atoms with van der Waals surface area (Å²) < 4.78 is 5.47. The van der Waals surface area contributed by atoms with Gasteiger partial charge in [0.05, 0.1) is 11.7 Å². The van der Waals surface area contributed by atoms with E-state index in [1.165, 1.54) is 5.57 Å². The standard InChI is InChI=1S/C10H16O2/c1-6(2)7-4-8(11)9-10(3,5-7)12-9/h7-9,11H,1,4-5H2,2-3H3/t7-,8+,9+,10-/m0/s1. The van der Waals surface area contributed by atoms with E-state index >= 15 is 0 Å². The lowest BCUT2D eigenvalue weighted by Crippen LogP contribution is -2.33. The van der Waals surface area contributed by atoms with E-state index in [9.17, 15) is 5.11 Å². The summed E-state index contributed by atoms with van der Waals surface area (Å²) >= 11 is 0. The maximum Gasteiger partial charge on any atom is 0.113 e. The first-order valence-electron chi connectivity index (χ1n) is 4.54. The minimum Gasteiger partial charge on any atom is -0.390 e. The van der Waals surface area contributed by atoms with Crippen molar-refractivity contribution < 1.29 is 9.84 Å². The molecule has 12 heavy (non-hydrogen) atoms. The first-order chi connectivity index (χ1) is 5.53. The fraction of sp³-hybridized carbons (Fsp3) is 0.800. The largest absolute Gasteiger partial charge is 0.390 e. The first kappa shape index (κ1) is 8.27. The van der Waals surface area contributed by atoms with Crippen molar-refractivity contribution >= 4 is 0 Å². The van der Waals surface area contributed by atoms with E-state index in [0.29, 0.717) is 5.92 Å². The van der Waals surface area contributed by atoms with Gasteiger partial charge in [-0.25, -0.2) is 0 Å². The Hall–Kier alpha value is -0.340. The van der Waals surface area contributed by atoms with Gasteiger partial charge in [0.2, 0.25) is 0 Å². The van der Waals surface area contributed by atoms with Crippen LogP contribution in [0.1, 0.15) is 26.7 Å². The maximum absolute atomic E-state index is 9.64. The Balaban J connectivity index is 2.09. The predicted molar refractivity (Wildman–Crippen MR) is 46.8 cm³/mol. The molecule has 0 unspecified atom stereocenters. The number of ether oxygens (including phenoxy) is 1. The number of aliphatic hydroxyl groups excluding tert-OH is 1. The summed E-state index contributed by atoms with van der Waals surface area (Å²) in [4.78, 5) is 0. The molecule has 0 aromatic heterocycles. The highest BCUT2D eigenvalue weighted by Crippen LogP contribution is 2.50. The van der Waals surface area contributed by atoms with E-state index in [2.05, 4.69) is 13.5 Å². The van der Waals surface area contributed by atoms with Crippen LogP contribution in [0, 0.1) is 5.92 Å². The number of hydrogen-bond donors (Lipinski definition) is 1. The van der Waals surface area contributed by atoms with Crippen molar-refractivity contribution in [1.29, 1.82) is 0 Å². The molecule has 0 spiro atoms. The van der Waals surface area contributed by atoms with Gasteiger partial charge < -0.3 is 9.84 Å². The maximum atomic E-state index is 9.64. The van der Waals surface area contributed by atoms with E-state index in [0.717, 1.165) is 12.8 Å². The molecule has 2 fully saturated rings. The molecule has 0 aromatic carbocycles. The third kappa shape index (κ3) is 1.10. The summed E-state index contributed by atoms with van der Waals surface area (Å²) in [5, 5.41) is 9.64. The van der Waals surface area contributed by atoms with Gasteiger partial charge in [-0.1, -0.05) is 12.2 Å². The molecule has 1 N–H and O–H groups in total. The zero-order valence-electron chi connectivity index (χ0n) is 7.71. The Morgan fingerprint density at radius 1 is 1.67 bits per heavy atom.